The summed E-state index contributed by atoms with van der Waals surface area (Å²) in [6.07, 6.45) is 19.0. The maximum Gasteiger partial charge on any atom is 0.257 e. The van der Waals surface area contributed by atoms with Crippen LogP contribution >= 0.6 is 0 Å². The van der Waals surface area contributed by atoms with Crippen molar-refractivity contribution in [3.63, 3.8) is 0 Å². The topological polar surface area (TPSA) is 60.7 Å². The predicted molar refractivity (Wildman–Crippen MR) is 127 cm³/mol. The zero-order valence-electron chi connectivity index (χ0n) is 19.4. The first kappa shape index (κ1) is 22.6. The molecule has 0 spiro atoms. The largest absolute Gasteiger partial charge is 0.269 e. The van der Waals surface area contributed by atoms with Crippen molar-refractivity contribution in [1.82, 2.24) is 19.5 Å². The second-order valence-corrected chi connectivity index (χ2v) is 9.10. The highest BCUT2D eigenvalue weighted by Gasteiger charge is 2.29. The van der Waals surface area contributed by atoms with Crippen LogP contribution in [0.1, 0.15) is 59.2 Å². The number of rotatable bonds is 5. The maximum absolute atomic E-state index is 12.5. The van der Waals surface area contributed by atoms with Crippen LogP contribution in [0, 0.1) is 11.3 Å². The van der Waals surface area contributed by atoms with Crippen molar-refractivity contribution in [2.75, 3.05) is 0 Å². The summed E-state index contributed by atoms with van der Waals surface area (Å²) >= 11 is 0. The van der Waals surface area contributed by atoms with Gasteiger partial charge in [-0.1, -0.05) is 62.3 Å². The minimum atomic E-state index is -0.181. The molecule has 0 saturated carbocycles. The molecule has 0 radical (unpaired) electrons. The van der Waals surface area contributed by atoms with Crippen molar-refractivity contribution in [3.8, 4) is 0 Å². The van der Waals surface area contributed by atoms with Crippen molar-refractivity contribution in [3.05, 3.63) is 77.6 Å². The van der Waals surface area contributed by atoms with Crippen LogP contribution < -0.4 is 0 Å². The van der Waals surface area contributed by atoms with Gasteiger partial charge in [0.15, 0.2) is 5.65 Å². The van der Waals surface area contributed by atoms with Gasteiger partial charge in [0.25, 0.3) is 5.91 Å². The highest BCUT2D eigenvalue weighted by atomic mass is 16.2. The summed E-state index contributed by atoms with van der Waals surface area (Å²) in [7, 11) is 0. The molecule has 2 aromatic rings. The SMILES string of the molecule is CC1=C(/C=C/C(C)=C/C=C/C(C)=C/C(=O)n2cnc3cncnc32)C(C)(C)CCC1C. The second kappa shape index (κ2) is 9.38. The molecule has 0 aromatic carbocycles. The van der Waals surface area contributed by atoms with Gasteiger partial charge in [-0.25, -0.2) is 19.5 Å². The second-order valence-electron chi connectivity index (χ2n) is 9.10. The zero-order valence-corrected chi connectivity index (χ0v) is 19.4. The van der Waals surface area contributed by atoms with E-state index in [1.807, 2.05) is 19.1 Å². The summed E-state index contributed by atoms with van der Waals surface area (Å²) in [5.74, 6) is 0.473. The fourth-order valence-corrected chi connectivity index (χ4v) is 3.95. The molecule has 5 heteroatoms. The first-order chi connectivity index (χ1) is 14.7. The Morgan fingerprint density at radius 3 is 2.74 bits per heavy atom. The molecule has 3 rings (SSSR count). The Balaban J connectivity index is 1.69. The van der Waals surface area contributed by atoms with Crippen molar-refractivity contribution >= 4 is 17.1 Å². The summed E-state index contributed by atoms with van der Waals surface area (Å²) in [4.78, 5) is 24.8. The molecule has 1 aliphatic rings. The first-order valence-corrected chi connectivity index (χ1v) is 10.8. The molecule has 0 bridgehead atoms. The minimum absolute atomic E-state index is 0.181. The Hall–Kier alpha value is -3.08. The molecule has 0 N–H and O–H groups in total. The number of carbonyl (C=O) groups is 1. The van der Waals surface area contributed by atoms with Crippen molar-refractivity contribution < 1.29 is 4.79 Å². The standard InChI is InChI=1S/C26H32N4O/c1-18(10-11-22-21(4)20(3)12-13-26(22,5)6)8-7-9-19(2)14-24(31)30-17-29-23-15-27-16-28-25(23)30/h7-11,14-17,20H,12-13H2,1-6H3/b9-7+,11-10+,18-8+,19-14+. The van der Waals surface area contributed by atoms with Crippen molar-refractivity contribution in [2.24, 2.45) is 11.3 Å². The summed E-state index contributed by atoms with van der Waals surface area (Å²) in [6, 6.07) is 0. The average Bonchev–Trinajstić information content (AvgIpc) is 3.15. The molecule has 31 heavy (non-hydrogen) atoms. The molecular weight excluding hydrogens is 384 g/mol. The Kier molecular flexibility index (Phi) is 6.84. The van der Waals surface area contributed by atoms with Gasteiger partial charge in [0, 0.05) is 6.08 Å². The number of carbonyl (C=O) groups excluding carboxylic acids is 1. The van der Waals surface area contributed by atoms with Gasteiger partial charge in [-0.15, -0.1) is 0 Å². The molecule has 1 unspecified atom stereocenters. The Labute approximate surface area is 185 Å². The number of imidazole rings is 1. The molecule has 0 aliphatic heterocycles. The lowest BCUT2D eigenvalue weighted by Crippen LogP contribution is -2.23. The van der Waals surface area contributed by atoms with Gasteiger partial charge in [-0.05, 0) is 56.1 Å². The highest BCUT2D eigenvalue weighted by Crippen LogP contribution is 2.43. The first-order valence-electron chi connectivity index (χ1n) is 10.8. The number of aromatic nitrogens is 4. The van der Waals surface area contributed by atoms with Gasteiger partial charge < -0.3 is 0 Å². The summed E-state index contributed by atoms with van der Waals surface area (Å²) in [6.45, 7) is 13.3. The van der Waals surface area contributed by atoms with E-state index >= 15 is 0 Å². The van der Waals surface area contributed by atoms with E-state index in [9.17, 15) is 4.79 Å². The molecule has 2 aromatic heterocycles. The van der Waals surface area contributed by atoms with Crippen molar-refractivity contribution in [1.29, 1.82) is 0 Å². The van der Waals surface area contributed by atoms with Crippen LogP contribution in [-0.2, 0) is 0 Å². The molecule has 2 heterocycles. The van der Waals surface area contributed by atoms with Crippen LogP contribution in [0.3, 0.4) is 0 Å². The molecule has 162 valence electrons. The molecular formula is C26H32N4O. The number of nitrogens with zero attached hydrogens (tertiary/aromatic N) is 4. The van der Waals surface area contributed by atoms with Crippen LogP contribution in [0.5, 0.6) is 0 Å². The monoisotopic (exact) mass is 416 g/mol. The molecule has 1 atom stereocenters. The van der Waals surface area contributed by atoms with E-state index in [0.29, 0.717) is 17.1 Å². The number of hydrogen-bond acceptors (Lipinski definition) is 4. The number of allylic oxidation sites excluding steroid dienone is 10. The fourth-order valence-electron chi connectivity index (χ4n) is 3.95. The Morgan fingerprint density at radius 2 is 1.97 bits per heavy atom. The summed E-state index contributed by atoms with van der Waals surface area (Å²) in [5.41, 5.74) is 6.33. The lowest BCUT2D eigenvalue weighted by atomic mass is 9.69. The van der Waals surface area contributed by atoms with E-state index in [0.717, 1.165) is 5.57 Å². The Morgan fingerprint density at radius 1 is 1.19 bits per heavy atom. The van der Waals surface area contributed by atoms with Crippen LogP contribution in [0.25, 0.3) is 11.2 Å². The number of hydrogen-bond donors (Lipinski definition) is 0. The van der Waals surface area contributed by atoms with E-state index < -0.39 is 0 Å². The quantitative estimate of drug-likeness (QED) is 0.427. The van der Waals surface area contributed by atoms with Gasteiger partial charge in [0.05, 0.1) is 6.20 Å². The highest BCUT2D eigenvalue weighted by molar-refractivity contribution is 5.96. The lowest BCUT2D eigenvalue weighted by Gasteiger charge is -2.36. The minimum Gasteiger partial charge on any atom is -0.269 e. The third kappa shape index (κ3) is 5.35. The third-order valence-electron chi connectivity index (χ3n) is 6.13. The summed E-state index contributed by atoms with van der Waals surface area (Å²) in [5, 5.41) is 0. The summed E-state index contributed by atoms with van der Waals surface area (Å²) < 4.78 is 1.43. The number of fused-ring (bicyclic) bond motifs is 1. The fraction of sp³-hybridized carbons (Fsp3) is 0.385. The lowest BCUT2D eigenvalue weighted by molar-refractivity contribution is 0.0972. The van der Waals surface area contributed by atoms with Gasteiger partial charge in [0.2, 0.25) is 0 Å². The van der Waals surface area contributed by atoms with Crippen molar-refractivity contribution in [2.45, 2.75) is 54.4 Å². The van der Waals surface area contributed by atoms with E-state index in [-0.39, 0.29) is 11.3 Å². The third-order valence-corrected chi connectivity index (χ3v) is 6.13. The average molecular weight is 417 g/mol. The normalized spacial score (nSPS) is 20.4. The molecule has 0 amide bonds. The molecule has 1 aliphatic carbocycles. The molecule has 0 saturated heterocycles. The van der Waals surface area contributed by atoms with Gasteiger partial charge >= 0.3 is 0 Å². The van der Waals surface area contributed by atoms with Crippen LogP contribution in [0.15, 0.2) is 77.6 Å². The van der Waals surface area contributed by atoms with E-state index in [1.54, 1.807) is 12.3 Å². The molecule has 5 nitrogen and oxygen atoms in total. The maximum atomic E-state index is 12.5. The van der Waals surface area contributed by atoms with E-state index in [1.165, 1.54) is 46.8 Å². The zero-order chi connectivity index (χ0) is 22.6. The van der Waals surface area contributed by atoms with Gasteiger partial charge in [0.1, 0.15) is 18.2 Å². The van der Waals surface area contributed by atoms with Crippen LogP contribution in [-0.4, -0.2) is 25.4 Å². The molecule has 0 fully saturated rings. The smallest absolute Gasteiger partial charge is 0.257 e. The van der Waals surface area contributed by atoms with Crippen LogP contribution in [0.2, 0.25) is 0 Å². The van der Waals surface area contributed by atoms with E-state index in [4.69, 9.17) is 0 Å². The van der Waals surface area contributed by atoms with E-state index in [2.05, 4.69) is 67.8 Å². The van der Waals surface area contributed by atoms with Gasteiger partial charge in [-0.2, -0.15) is 0 Å². The predicted octanol–water partition coefficient (Wildman–Crippen LogP) is 6.24. The van der Waals surface area contributed by atoms with Crippen LogP contribution in [0.4, 0.5) is 0 Å². The van der Waals surface area contributed by atoms with Gasteiger partial charge in [-0.3, -0.25) is 4.79 Å². The Bertz CT molecular complexity index is 1130.